The number of hydrogen-bond acceptors (Lipinski definition) is 2. The van der Waals surface area contributed by atoms with Gasteiger partial charge in [0.05, 0.1) is 0 Å². The Morgan fingerprint density at radius 2 is 2.31 bits per heavy atom. The minimum atomic E-state index is 0.534. The van der Waals surface area contributed by atoms with Gasteiger partial charge in [0, 0.05) is 32.3 Å². The summed E-state index contributed by atoms with van der Waals surface area (Å²) in [6.07, 6.45) is 2.56. The second kappa shape index (κ2) is 4.46. The predicted octanol–water partition coefficient (Wildman–Crippen LogP) is 1.61. The van der Waals surface area contributed by atoms with E-state index in [1.165, 1.54) is 0 Å². The molecule has 1 heterocycles. The summed E-state index contributed by atoms with van der Waals surface area (Å²) in [5.41, 5.74) is 1.14. The molecule has 3 nitrogen and oxygen atoms in total. The molecular formula is C10H13N3. The standard InChI is InChI=1S/C10H13N3/c1-11-8-6-9-5-4-7-12-10(9)13(2)3/h4-5,7H,6,8H2,2-3H3. The van der Waals surface area contributed by atoms with Crippen LogP contribution >= 0.6 is 0 Å². The van der Waals surface area contributed by atoms with Crippen LogP contribution in [0.15, 0.2) is 18.3 Å². The summed E-state index contributed by atoms with van der Waals surface area (Å²) < 4.78 is 0. The summed E-state index contributed by atoms with van der Waals surface area (Å²) in [7, 11) is 3.92. The van der Waals surface area contributed by atoms with Gasteiger partial charge in [-0.1, -0.05) is 6.07 Å². The normalized spacial score (nSPS) is 9.31. The van der Waals surface area contributed by atoms with E-state index in [4.69, 9.17) is 6.57 Å². The Bertz CT molecular complexity index is 312. The van der Waals surface area contributed by atoms with Crippen molar-refractivity contribution in [3.63, 3.8) is 0 Å². The first-order chi connectivity index (χ1) is 6.25. The van der Waals surface area contributed by atoms with E-state index in [9.17, 15) is 0 Å². The van der Waals surface area contributed by atoms with Crippen molar-refractivity contribution in [1.82, 2.24) is 4.98 Å². The molecule has 68 valence electrons. The number of rotatable bonds is 3. The summed E-state index contributed by atoms with van der Waals surface area (Å²) in [6.45, 7) is 7.26. The average molecular weight is 175 g/mol. The van der Waals surface area contributed by atoms with Gasteiger partial charge in [0.15, 0.2) is 0 Å². The number of anilines is 1. The van der Waals surface area contributed by atoms with Crippen molar-refractivity contribution in [2.24, 2.45) is 0 Å². The van der Waals surface area contributed by atoms with E-state index in [-0.39, 0.29) is 0 Å². The van der Waals surface area contributed by atoms with Crippen LogP contribution in [0, 0.1) is 6.57 Å². The van der Waals surface area contributed by atoms with Crippen molar-refractivity contribution in [1.29, 1.82) is 0 Å². The molecule has 1 aromatic heterocycles. The van der Waals surface area contributed by atoms with Crippen LogP contribution in [0.4, 0.5) is 5.82 Å². The van der Waals surface area contributed by atoms with Crippen LogP contribution in [0.1, 0.15) is 5.56 Å². The zero-order valence-corrected chi connectivity index (χ0v) is 7.99. The van der Waals surface area contributed by atoms with E-state index < -0.39 is 0 Å². The lowest BCUT2D eigenvalue weighted by molar-refractivity contribution is 0.991. The lowest BCUT2D eigenvalue weighted by Gasteiger charge is -2.14. The molecule has 0 aliphatic carbocycles. The van der Waals surface area contributed by atoms with E-state index in [1.54, 1.807) is 6.20 Å². The van der Waals surface area contributed by atoms with Crippen molar-refractivity contribution in [3.05, 3.63) is 35.3 Å². The van der Waals surface area contributed by atoms with Crippen LogP contribution in [-0.2, 0) is 6.42 Å². The van der Waals surface area contributed by atoms with Crippen molar-refractivity contribution in [2.45, 2.75) is 6.42 Å². The topological polar surface area (TPSA) is 20.5 Å². The molecule has 13 heavy (non-hydrogen) atoms. The first kappa shape index (κ1) is 9.53. The Labute approximate surface area is 78.8 Å². The van der Waals surface area contributed by atoms with E-state index in [0.29, 0.717) is 6.54 Å². The Morgan fingerprint density at radius 3 is 2.92 bits per heavy atom. The van der Waals surface area contributed by atoms with Crippen LogP contribution in [0.25, 0.3) is 4.85 Å². The molecule has 1 rings (SSSR count). The minimum absolute atomic E-state index is 0.534. The second-order valence-corrected chi connectivity index (χ2v) is 3.01. The zero-order chi connectivity index (χ0) is 9.68. The third kappa shape index (κ3) is 2.45. The molecule has 3 heteroatoms. The van der Waals surface area contributed by atoms with Gasteiger partial charge < -0.3 is 9.74 Å². The van der Waals surface area contributed by atoms with Gasteiger partial charge in [-0.2, -0.15) is 0 Å². The number of aromatic nitrogens is 1. The Hall–Kier alpha value is -1.56. The molecule has 0 bridgehead atoms. The highest BCUT2D eigenvalue weighted by Gasteiger charge is 2.05. The molecule has 0 aromatic carbocycles. The van der Waals surface area contributed by atoms with Crippen LogP contribution in [0.3, 0.4) is 0 Å². The summed E-state index contributed by atoms with van der Waals surface area (Å²) in [5, 5.41) is 0. The lowest BCUT2D eigenvalue weighted by Crippen LogP contribution is -2.13. The van der Waals surface area contributed by atoms with Crippen molar-refractivity contribution >= 4 is 5.82 Å². The molecule has 0 saturated heterocycles. The Balaban J connectivity index is 2.86. The summed E-state index contributed by atoms with van der Waals surface area (Å²) >= 11 is 0. The largest absolute Gasteiger partial charge is 0.363 e. The molecule has 0 atom stereocenters. The number of hydrogen-bond donors (Lipinski definition) is 0. The van der Waals surface area contributed by atoms with Crippen LogP contribution < -0.4 is 4.90 Å². The summed E-state index contributed by atoms with van der Waals surface area (Å²) in [4.78, 5) is 9.56. The summed E-state index contributed by atoms with van der Waals surface area (Å²) in [5.74, 6) is 0.964. The third-order valence-corrected chi connectivity index (χ3v) is 1.78. The maximum atomic E-state index is 6.72. The monoisotopic (exact) mass is 175 g/mol. The molecule has 0 unspecified atom stereocenters. The van der Waals surface area contributed by atoms with Gasteiger partial charge in [-0.05, 0) is 6.07 Å². The van der Waals surface area contributed by atoms with Gasteiger partial charge in [0.2, 0.25) is 6.54 Å². The van der Waals surface area contributed by atoms with E-state index >= 15 is 0 Å². The average Bonchev–Trinajstić information content (AvgIpc) is 2.15. The van der Waals surface area contributed by atoms with Crippen molar-refractivity contribution in [2.75, 3.05) is 25.5 Å². The first-order valence-electron chi connectivity index (χ1n) is 4.20. The molecule has 0 N–H and O–H groups in total. The van der Waals surface area contributed by atoms with Gasteiger partial charge in [-0.15, -0.1) is 0 Å². The molecule has 0 aliphatic rings. The Morgan fingerprint density at radius 1 is 1.54 bits per heavy atom. The molecular weight excluding hydrogens is 162 g/mol. The molecule has 0 amide bonds. The molecule has 0 fully saturated rings. The lowest BCUT2D eigenvalue weighted by atomic mass is 10.2. The quantitative estimate of drug-likeness (QED) is 0.650. The van der Waals surface area contributed by atoms with Crippen molar-refractivity contribution in [3.8, 4) is 0 Å². The minimum Gasteiger partial charge on any atom is -0.363 e. The zero-order valence-electron chi connectivity index (χ0n) is 7.99. The first-order valence-corrected chi connectivity index (χ1v) is 4.20. The summed E-state index contributed by atoms with van der Waals surface area (Å²) in [6, 6.07) is 3.93. The highest BCUT2D eigenvalue weighted by Crippen LogP contribution is 2.14. The molecule has 0 saturated carbocycles. The highest BCUT2D eigenvalue weighted by atomic mass is 15.1. The van der Waals surface area contributed by atoms with Crippen LogP contribution in [-0.4, -0.2) is 25.6 Å². The van der Waals surface area contributed by atoms with Crippen LogP contribution in [0.5, 0.6) is 0 Å². The van der Waals surface area contributed by atoms with Crippen molar-refractivity contribution < 1.29 is 0 Å². The van der Waals surface area contributed by atoms with E-state index in [0.717, 1.165) is 17.8 Å². The number of pyridine rings is 1. The van der Waals surface area contributed by atoms with Gasteiger partial charge in [0.25, 0.3) is 0 Å². The molecule has 0 spiro atoms. The van der Waals surface area contributed by atoms with Gasteiger partial charge in [-0.25, -0.2) is 11.6 Å². The predicted molar refractivity (Wildman–Crippen MR) is 53.7 cm³/mol. The third-order valence-electron chi connectivity index (χ3n) is 1.78. The van der Waals surface area contributed by atoms with Gasteiger partial charge in [-0.3, -0.25) is 0 Å². The van der Waals surface area contributed by atoms with E-state index in [1.807, 2.05) is 31.1 Å². The van der Waals surface area contributed by atoms with Crippen LogP contribution in [0.2, 0.25) is 0 Å². The highest BCUT2D eigenvalue weighted by molar-refractivity contribution is 5.45. The maximum absolute atomic E-state index is 6.72. The molecule has 1 aromatic rings. The molecule has 0 aliphatic heterocycles. The maximum Gasteiger partial charge on any atom is 0.218 e. The number of nitrogens with zero attached hydrogens (tertiary/aromatic N) is 3. The van der Waals surface area contributed by atoms with E-state index in [2.05, 4.69) is 9.83 Å². The molecule has 0 radical (unpaired) electrons. The Kier molecular flexibility index (Phi) is 3.27. The van der Waals surface area contributed by atoms with Gasteiger partial charge >= 0.3 is 0 Å². The SMILES string of the molecule is [C-]#[N+]CCc1cccnc1N(C)C. The fourth-order valence-corrected chi connectivity index (χ4v) is 1.20. The fourth-order valence-electron chi connectivity index (χ4n) is 1.20. The fraction of sp³-hybridized carbons (Fsp3) is 0.400. The van der Waals surface area contributed by atoms with Gasteiger partial charge in [0.1, 0.15) is 5.82 Å². The smallest absolute Gasteiger partial charge is 0.218 e. The second-order valence-electron chi connectivity index (χ2n) is 3.01.